The van der Waals surface area contributed by atoms with Crippen molar-refractivity contribution in [2.24, 2.45) is 10.9 Å². The maximum absolute atomic E-state index is 12.5. The van der Waals surface area contributed by atoms with E-state index in [2.05, 4.69) is 39.4 Å². The first-order valence-electron chi connectivity index (χ1n) is 9.40. The van der Waals surface area contributed by atoms with Crippen LogP contribution in [0.3, 0.4) is 0 Å². The van der Waals surface area contributed by atoms with E-state index in [-0.39, 0.29) is 5.75 Å². The topological polar surface area (TPSA) is 94.3 Å². The van der Waals surface area contributed by atoms with Crippen LogP contribution in [-0.2, 0) is 15.8 Å². The summed E-state index contributed by atoms with van der Waals surface area (Å²) in [5, 5.41) is 7.18. The molecule has 0 amide bonds. The molecule has 1 aliphatic carbocycles. The number of nitrogens with one attached hydrogen (secondary N) is 1. The highest BCUT2D eigenvalue weighted by atomic mass is 32.2. The number of hydrogen-bond acceptors (Lipinski definition) is 6. The number of guanidine groups is 1. The van der Waals surface area contributed by atoms with Crippen LogP contribution in [0.2, 0.25) is 0 Å². The first kappa shape index (κ1) is 20.1. The lowest BCUT2D eigenvalue weighted by atomic mass is 10.1. The second-order valence-electron chi connectivity index (χ2n) is 7.43. The molecule has 1 unspecified atom stereocenters. The Bertz CT molecular complexity index is 720. The number of nitrogens with zero attached hydrogens (tertiary/aromatic N) is 5. The van der Waals surface area contributed by atoms with Gasteiger partial charge in [0.2, 0.25) is 10.0 Å². The molecule has 9 nitrogen and oxygen atoms in total. The summed E-state index contributed by atoms with van der Waals surface area (Å²) in [6.45, 7) is 2.98. The third kappa shape index (κ3) is 5.20. The molecule has 2 fully saturated rings. The van der Waals surface area contributed by atoms with E-state index in [0.717, 1.165) is 18.4 Å². The zero-order valence-corrected chi connectivity index (χ0v) is 17.2. The summed E-state index contributed by atoms with van der Waals surface area (Å²) in [6.07, 6.45) is 3.98. The Labute approximate surface area is 161 Å². The minimum absolute atomic E-state index is 0.123. The van der Waals surface area contributed by atoms with Gasteiger partial charge in [-0.3, -0.25) is 4.99 Å². The average Bonchev–Trinajstić information content (AvgIpc) is 3.35. The first-order chi connectivity index (χ1) is 12.9. The van der Waals surface area contributed by atoms with Crippen molar-refractivity contribution in [2.45, 2.75) is 24.6 Å². The van der Waals surface area contributed by atoms with Crippen molar-refractivity contribution in [1.82, 2.24) is 24.6 Å². The highest BCUT2D eigenvalue weighted by Crippen LogP contribution is 2.34. The summed E-state index contributed by atoms with van der Waals surface area (Å²) in [6, 6.07) is 2.09. The van der Waals surface area contributed by atoms with Crippen molar-refractivity contribution in [3.8, 4) is 0 Å². The second-order valence-corrected chi connectivity index (χ2v) is 9.40. The minimum Gasteiger partial charge on any atom is -0.364 e. The molecule has 0 spiro atoms. The van der Waals surface area contributed by atoms with E-state index >= 15 is 0 Å². The molecule has 152 valence electrons. The molecule has 1 atom stereocenters. The smallest absolute Gasteiger partial charge is 0.220 e. The van der Waals surface area contributed by atoms with Gasteiger partial charge < -0.3 is 19.6 Å². The number of aromatic nitrogens is 1. The zero-order chi connectivity index (χ0) is 19.4. The van der Waals surface area contributed by atoms with E-state index < -0.39 is 10.0 Å². The van der Waals surface area contributed by atoms with Crippen LogP contribution in [0, 0.1) is 5.92 Å². The third-order valence-electron chi connectivity index (χ3n) is 5.26. The number of rotatable bonds is 7. The first-order valence-corrected chi connectivity index (χ1v) is 11.0. The van der Waals surface area contributed by atoms with Gasteiger partial charge in [-0.25, -0.2) is 8.42 Å². The Balaban J connectivity index is 1.51. The third-order valence-corrected chi connectivity index (χ3v) is 7.08. The monoisotopic (exact) mass is 398 g/mol. The summed E-state index contributed by atoms with van der Waals surface area (Å²) in [4.78, 5) is 8.79. The van der Waals surface area contributed by atoms with Gasteiger partial charge in [0, 0.05) is 51.9 Å². The van der Waals surface area contributed by atoms with Gasteiger partial charge in [0.05, 0.1) is 5.69 Å². The molecule has 1 N–H and O–H groups in total. The van der Waals surface area contributed by atoms with Gasteiger partial charge in [-0.05, 0) is 32.9 Å². The van der Waals surface area contributed by atoms with E-state index in [9.17, 15) is 8.42 Å². The van der Waals surface area contributed by atoms with Crippen LogP contribution >= 0.6 is 0 Å². The summed E-state index contributed by atoms with van der Waals surface area (Å²) < 4.78 is 31.3. The van der Waals surface area contributed by atoms with Crippen LogP contribution in [-0.4, -0.2) is 93.5 Å². The SMILES string of the molecule is CN=C(NCC(C1CC1)N(C)C)N1CCN(S(=O)(=O)Cc2ccon2)CC1. The molecule has 1 saturated carbocycles. The van der Waals surface area contributed by atoms with Crippen molar-refractivity contribution in [2.75, 3.05) is 53.9 Å². The number of likely N-dealkylation sites (N-methyl/N-ethyl adjacent to an activating group) is 1. The predicted octanol–water partition coefficient (Wildman–Crippen LogP) is 0.0376. The van der Waals surface area contributed by atoms with Crippen LogP contribution in [0.4, 0.5) is 0 Å². The molecule has 2 aliphatic rings. The normalized spacial score (nSPS) is 20.9. The van der Waals surface area contributed by atoms with Crippen molar-refractivity contribution >= 4 is 16.0 Å². The Kier molecular flexibility index (Phi) is 6.38. The fourth-order valence-corrected chi connectivity index (χ4v) is 4.97. The summed E-state index contributed by atoms with van der Waals surface area (Å²) in [5.74, 6) is 1.49. The number of hydrogen-bond donors (Lipinski definition) is 1. The maximum atomic E-state index is 12.5. The van der Waals surface area contributed by atoms with Gasteiger partial charge >= 0.3 is 0 Å². The van der Waals surface area contributed by atoms with Gasteiger partial charge in [0.25, 0.3) is 0 Å². The molecular formula is C17H30N6O3S. The van der Waals surface area contributed by atoms with Crippen molar-refractivity contribution in [3.63, 3.8) is 0 Å². The Hall–Kier alpha value is -1.65. The molecule has 0 radical (unpaired) electrons. The largest absolute Gasteiger partial charge is 0.364 e. The molecule has 1 aromatic heterocycles. The average molecular weight is 399 g/mol. The van der Waals surface area contributed by atoms with Crippen LogP contribution in [0.15, 0.2) is 21.8 Å². The molecule has 0 bridgehead atoms. The van der Waals surface area contributed by atoms with Crippen molar-refractivity contribution in [3.05, 3.63) is 18.0 Å². The lowest BCUT2D eigenvalue weighted by Crippen LogP contribution is -2.55. The van der Waals surface area contributed by atoms with Gasteiger partial charge in [0.1, 0.15) is 12.0 Å². The summed E-state index contributed by atoms with van der Waals surface area (Å²) in [5.41, 5.74) is 0.435. The number of sulfonamides is 1. The molecule has 1 saturated heterocycles. The van der Waals surface area contributed by atoms with E-state index in [1.165, 1.54) is 23.4 Å². The molecule has 27 heavy (non-hydrogen) atoms. The van der Waals surface area contributed by atoms with E-state index in [1.807, 2.05) is 0 Å². The van der Waals surface area contributed by atoms with Crippen LogP contribution < -0.4 is 5.32 Å². The highest BCUT2D eigenvalue weighted by Gasteiger charge is 2.33. The van der Waals surface area contributed by atoms with Crippen molar-refractivity contribution in [1.29, 1.82) is 0 Å². The zero-order valence-electron chi connectivity index (χ0n) is 16.3. The summed E-state index contributed by atoms with van der Waals surface area (Å²) in [7, 11) is 2.62. The summed E-state index contributed by atoms with van der Waals surface area (Å²) >= 11 is 0. The predicted molar refractivity (Wildman–Crippen MR) is 104 cm³/mol. The van der Waals surface area contributed by atoms with Gasteiger partial charge in [-0.2, -0.15) is 4.31 Å². The Morgan fingerprint density at radius 3 is 2.59 bits per heavy atom. The molecule has 1 aliphatic heterocycles. The second kappa shape index (κ2) is 8.57. The van der Waals surface area contributed by atoms with Crippen molar-refractivity contribution < 1.29 is 12.9 Å². The Morgan fingerprint density at radius 2 is 2.07 bits per heavy atom. The lowest BCUT2D eigenvalue weighted by Gasteiger charge is -2.36. The molecular weight excluding hydrogens is 368 g/mol. The van der Waals surface area contributed by atoms with Crippen LogP contribution in [0.25, 0.3) is 0 Å². The molecule has 2 heterocycles. The maximum Gasteiger partial charge on any atom is 0.220 e. The fourth-order valence-electron chi connectivity index (χ4n) is 3.55. The number of piperazine rings is 1. The van der Waals surface area contributed by atoms with E-state index in [0.29, 0.717) is 37.9 Å². The van der Waals surface area contributed by atoms with E-state index in [4.69, 9.17) is 4.52 Å². The highest BCUT2D eigenvalue weighted by molar-refractivity contribution is 7.88. The minimum atomic E-state index is -3.38. The fraction of sp³-hybridized carbons (Fsp3) is 0.765. The van der Waals surface area contributed by atoms with Crippen LogP contribution in [0.1, 0.15) is 18.5 Å². The van der Waals surface area contributed by atoms with E-state index in [1.54, 1.807) is 13.1 Å². The standard InChI is InChI=1S/C17H30N6O3S/c1-18-17(19-12-16(21(2)3)14-4-5-14)22-7-9-23(10-8-22)27(24,25)13-15-6-11-26-20-15/h6,11,14,16H,4-5,7-10,12-13H2,1-3H3,(H,18,19). The molecule has 10 heteroatoms. The van der Waals surface area contributed by atoms with Gasteiger partial charge in [0.15, 0.2) is 5.96 Å². The quantitative estimate of drug-likeness (QED) is 0.512. The molecule has 1 aromatic rings. The van der Waals surface area contributed by atoms with Gasteiger partial charge in [-0.1, -0.05) is 5.16 Å². The molecule has 3 rings (SSSR count). The molecule has 0 aromatic carbocycles. The van der Waals surface area contributed by atoms with Gasteiger partial charge in [-0.15, -0.1) is 0 Å². The Morgan fingerprint density at radius 1 is 1.37 bits per heavy atom. The van der Waals surface area contributed by atoms with Crippen LogP contribution in [0.5, 0.6) is 0 Å². The lowest BCUT2D eigenvalue weighted by molar-refractivity contribution is 0.245. The number of aliphatic imine (C=N–C) groups is 1.